The van der Waals surface area contributed by atoms with Crippen LogP contribution in [0.1, 0.15) is 13.8 Å². The molecule has 0 spiro atoms. The van der Waals surface area contributed by atoms with Gasteiger partial charge in [0.25, 0.3) is 0 Å². The lowest BCUT2D eigenvalue weighted by molar-refractivity contribution is -0.147. The first-order chi connectivity index (χ1) is 3.79. The Hall–Kier alpha value is -0.0800. The molecule has 1 heterocycles. The van der Waals surface area contributed by atoms with E-state index in [0.717, 1.165) is 19.4 Å². The summed E-state index contributed by atoms with van der Waals surface area (Å²) in [5, 5.41) is 0. The van der Waals surface area contributed by atoms with Crippen LogP contribution in [-0.2, 0) is 4.74 Å². The molecule has 1 fully saturated rings. The van der Waals surface area contributed by atoms with E-state index in [2.05, 4.69) is 18.7 Å². The summed E-state index contributed by atoms with van der Waals surface area (Å²) in [6, 6.07) is 0. The van der Waals surface area contributed by atoms with Gasteiger partial charge in [0.1, 0.15) is 13.5 Å². The standard InChI is InChI=1S/C6H13NO/c1-6(2)3-7-4-8-5-7/h6H,3-5H2,1-2H3. The van der Waals surface area contributed by atoms with E-state index in [9.17, 15) is 0 Å². The van der Waals surface area contributed by atoms with E-state index in [1.807, 2.05) is 0 Å². The van der Waals surface area contributed by atoms with Crippen molar-refractivity contribution in [2.45, 2.75) is 13.8 Å². The van der Waals surface area contributed by atoms with Crippen molar-refractivity contribution >= 4 is 0 Å². The molecule has 0 aromatic rings. The van der Waals surface area contributed by atoms with Crippen molar-refractivity contribution in [3.8, 4) is 0 Å². The van der Waals surface area contributed by atoms with Crippen LogP contribution in [0.2, 0.25) is 0 Å². The van der Waals surface area contributed by atoms with Crippen molar-refractivity contribution in [2.24, 2.45) is 5.92 Å². The molecule has 0 aromatic carbocycles. The summed E-state index contributed by atoms with van der Waals surface area (Å²) in [5.41, 5.74) is 0. The van der Waals surface area contributed by atoms with Crippen molar-refractivity contribution in [3.63, 3.8) is 0 Å². The Morgan fingerprint density at radius 2 is 2.12 bits per heavy atom. The molecular weight excluding hydrogens is 102 g/mol. The van der Waals surface area contributed by atoms with Crippen molar-refractivity contribution in [2.75, 3.05) is 20.0 Å². The molecule has 0 amide bonds. The Kier molecular flexibility index (Phi) is 1.86. The average molecular weight is 115 g/mol. The summed E-state index contributed by atoms with van der Waals surface area (Å²) in [4.78, 5) is 2.28. The Balaban J connectivity index is 2.01. The van der Waals surface area contributed by atoms with Gasteiger partial charge in [-0.2, -0.15) is 0 Å². The van der Waals surface area contributed by atoms with E-state index in [1.165, 1.54) is 6.54 Å². The van der Waals surface area contributed by atoms with Crippen LogP contribution >= 0.6 is 0 Å². The summed E-state index contributed by atoms with van der Waals surface area (Å²) in [6.07, 6.45) is 0. The van der Waals surface area contributed by atoms with E-state index in [0.29, 0.717) is 0 Å². The topological polar surface area (TPSA) is 12.5 Å². The fourth-order valence-corrected chi connectivity index (χ4v) is 0.842. The van der Waals surface area contributed by atoms with Crippen LogP contribution in [0.15, 0.2) is 0 Å². The van der Waals surface area contributed by atoms with E-state index in [1.54, 1.807) is 0 Å². The zero-order valence-electron chi connectivity index (χ0n) is 5.55. The summed E-state index contributed by atoms with van der Waals surface area (Å²) >= 11 is 0. The third kappa shape index (κ3) is 1.46. The van der Waals surface area contributed by atoms with Crippen molar-refractivity contribution in [3.05, 3.63) is 0 Å². The number of hydrogen-bond acceptors (Lipinski definition) is 2. The highest BCUT2D eigenvalue weighted by Gasteiger charge is 2.13. The second-order valence-corrected chi connectivity index (χ2v) is 2.71. The summed E-state index contributed by atoms with van der Waals surface area (Å²) in [6.45, 7) is 7.31. The van der Waals surface area contributed by atoms with Crippen LogP contribution < -0.4 is 0 Å². The molecule has 1 aliphatic rings. The predicted octanol–water partition coefficient (Wildman–Crippen LogP) is 0.890. The van der Waals surface area contributed by atoms with Crippen molar-refractivity contribution in [1.29, 1.82) is 0 Å². The van der Waals surface area contributed by atoms with Gasteiger partial charge in [-0.3, -0.25) is 4.90 Å². The minimum Gasteiger partial charge on any atom is -0.351 e. The molecule has 0 aromatic heterocycles. The SMILES string of the molecule is CC(C)CN1COC1. The van der Waals surface area contributed by atoms with E-state index < -0.39 is 0 Å². The molecule has 0 atom stereocenters. The molecule has 0 aliphatic carbocycles. The van der Waals surface area contributed by atoms with E-state index >= 15 is 0 Å². The maximum atomic E-state index is 4.96. The third-order valence-corrected chi connectivity index (χ3v) is 1.17. The number of ether oxygens (including phenoxy) is 1. The number of nitrogens with zero attached hydrogens (tertiary/aromatic N) is 1. The first-order valence-corrected chi connectivity index (χ1v) is 3.09. The average Bonchev–Trinajstić information content (AvgIpc) is 1.55. The first kappa shape index (κ1) is 6.05. The number of hydrogen-bond donors (Lipinski definition) is 0. The fraction of sp³-hybridized carbons (Fsp3) is 1.00. The van der Waals surface area contributed by atoms with Gasteiger partial charge in [-0.15, -0.1) is 0 Å². The Bertz CT molecular complexity index is 68.9. The molecule has 1 saturated heterocycles. The summed E-state index contributed by atoms with van der Waals surface area (Å²) in [7, 11) is 0. The highest BCUT2D eigenvalue weighted by Crippen LogP contribution is 2.04. The van der Waals surface area contributed by atoms with Crippen molar-refractivity contribution in [1.82, 2.24) is 4.90 Å². The van der Waals surface area contributed by atoms with Gasteiger partial charge in [-0.25, -0.2) is 0 Å². The molecule has 0 saturated carbocycles. The van der Waals surface area contributed by atoms with E-state index in [-0.39, 0.29) is 0 Å². The summed E-state index contributed by atoms with van der Waals surface area (Å²) in [5.74, 6) is 0.777. The zero-order valence-corrected chi connectivity index (χ0v) is 5.55. The maximum Gasteiger partial charge on any atom is 0.103 e. The first-order valence-electron chi connectivity index (χ1n) is 3.09. The Morgan fingerprint density at radius 1 is 1.50 bits per heavy atom. The van der Waals surface area contributed by atoms with Gasteiger partial charge in [0.15, 0.2) is 0 Å². The lowest BCUT2D eigenvalue weighted by atomic mass is 10.2. The second-order valence-electron chi connectivity index (χ2n) is 2.71. The van der Waals surface area contributed by atoms with Crippen LogP contribution in [0.25, 0.3) is 0 Å². The van der Waals surface area contributed by atoms with Crippen LogP contribution in [0, 0.1) is 5.92 Å². The zero-order chi connectivity index (χ0) is 5.98. The van der Waals surface area contributed by atoms with Gasteiger partial charge in [-0.05, 0) is 5.92 Å². The second kappa shape index (κ2) is 2.46. The molecule has 48 valence electrons. The predicted molar refractivity (Wildman–Crippen MR) is 32.4 cm³/mol. The van der Waals surface area contributed by atoms with Crippen LogP contribution in [0.3, 0.4) is 0 Å². The smallest absolute Gasteiger partial charge is 0.103 e. The third-order valence-electron chi connectivity index (χ3n) is 1.17. The van der Waals surface area contributed by atoms with Crippen LogP contribution in [-0.4, -0.2) is 24.9 Å². The highest BCUT2D eigenvalue weighted by atomic mass is 16.5. The molecule has 8 heavy (non-hydrogen) atoms. The Labute approximate surface area is 50.4 Å². The van der Waals surface area contributed by atoms with Crippen LogP contribution in [0.4, 0.5) is 0 Å². The van der Waals surface area contributed by atoms with Gasteiger partial charge in [0.2, 0.25) is 0 Å². The van der Waals surface area contributed by atoms with Gasteiger partial charge in [-0.1, -0.05) is 13.8 Å². The molecular formula is C6H13NO. The lowest BCUT2D eigenvalue weighted by Crippen LogP contribution is -2.41. The van der Waals surface area contributed by atoms with E-state index in [4.69, 9.17) is 4.74 Å². The summed E-state index contributed by atoms with van der Waals surface area (Å²) < 4.78 is 4.96. The monoisotopic (exact) mass is 115 g/mol. The highest BCUT2D eigenvalue weighted by molar-refractivity contribution is 4.56. The van der Waals surface area contributed by atoms with Gasteiger partial charge in [0, 0.05) is 6.54 Å². The van der Waals surface area contributed by atoms with Crippen LogP contribution in [0.5, 0.6) is 0 Å². The molecule has 2 heteroatoms. The number of rotatable bonds is 2. The molecule has 0 bridgehead atoms. The van der Waals surface area contributed by atoms with Gasteiger partial charge >= 0.3 is 0 Å². The molecule has 1 aliphatic heterocycles. The lowest BCUT2D eigenvalue weighted by Gasteiger charge is -2.31. The maximum absolute atomic E-state index is 4.96. The largest absolute Gasteiger partial charge is 0.351 e. The fourth-order valence-electron chi connectivity index (χ4n) is 0.842. The molecule has 2 nitrogen and oxygen atoms in total. The van der Waals surface area contributed by atoms with Gasteiger partial charge < -0.3 is 4.74 Å². The van der Waals surface area contributed by atoms with Gasteiger partial charge in [0.05, 0.1) is 0 Å². The quantitative estimate of drug-likeness (QED) is 0.530. The minimum atomic E-state index is 0.777. The normalized spacial score (nSPS) is 21.4. The Morgan fingerprint density at radius 3 is 2.25 bits per heavy atom. The molecule has 0 radical (unpaired) electrons. The van der Waals surface area contributed by atoms with Crippen molar-refractivity contribution < 1.29 is 4.74 Å². The molecule has 1 rings (SSSR count). The molecule has 0 unspecified atom stereocenters. The minimum absolute atomic E-state index is 0.777. The molecule has 0 N–H and O–H groups in total.